The predicted octanol–water partition coefficient (Wildman–Crippen LogP) is 5.08. The van der Waals surface area contributed by atoms with Crippen molar-refractivity contribution in [2.45, 2.75) is 26.2 Å². The van der Waals surface area contributed by atoms with Crippen LogP contribution >= 0.6 is 34.4 Å². The fourth-order valence-corrected chi connectivity index (χ4v) is 1.88. The third kappa shape index (κ3) is 4.19. The molecular weight excluding hydrogens is 315 g/mol. The van der Waals surface area contributed by atoms with Gasteiger partial charge in [0.15, 0.2) is 0 Å². The summed E-state index contributed by atoms with van der Waals surface area (Å²) in [5.74, 6) is 0. The van der Waals surface area contributed by atoms with Crippen LogP contribution in [0.2, 0.25) is 0 Å². The summed E-state index contributed by atoms with van der Waals surface area (Å²) in [6.07, 6.45) is 4.31. The first kappa shape index (κ1) is 13.1. The number of halogens is 1. The summed E-state index contributed by atoms with van der Waals surface area (Å²) in [6, 6.07) is 8.82. The minimum absolute atomic E-state index is 0.245. The van der Waals surface area contributed by atoms with Crippen molar-refractivity contribution in [2.24, 2.45) is 0 Å². The van der Waals surface area contributed by atoms with Gasteiger partial charge in [0.1, 0.15) is 0 Å². The molecule has 0 amide bonds. The first-order chi connectivity index (χ1) is 6.93. The van der Waals surface area contributed by atoms with Gasteiger partial charge in [-0.2, -0.15) is 0 Å². The second kappa shape index (κ2) is 5.39. The van der Waals surface area contributed by atoms with Gasteiger partial charge in [0.05, 0.1) is 0 Å². The third-order valence-corrected chi connectivity index (χ3v) is 4.39. The zero-order chi connectivity index (χ0) is 11.5. The van der Waals surface area contributed by atoms with Crippen LogP contribution in [0.1, 0.15) is 31.9 Å². The van der Waals surface area contributed by atoms with Crippen LogP contribution in [0.3, 0.4) is 0 Å². The summed E-state index contributed by atoms with van der Waals surface area (Å²) >= 11 is 4.14. The molecule has 0 saturated carbocycles. The van der Waals surface area contributed by atoms with Gasteiger partial charge in [0, 0.05) is 2.91 Å². The molecule has 1 aromatic rings. The van der Waals surface area contributed by atoms with Crippen molar-refractivity contribution in [1.82, 2.24) is 0 Å². The Bertz CT molecular complexity index is 344. The Labute approximate surface area is 111 Å². The second-order valence-electron chi connectivity index (χ2n) is 4.52. The zero-order valence-corrected chi connectivity index (χ0v) is 12.6. The molecule has 1 aromatic carbocycles. The van der Waals surface area contributed by atoms with Crippen LogP contribution in [0.4, 0.5) is 0 Å². The number of benzene rings is 1. The third-order valence-electron chi connectivity index (χ3n) is 2.25. The number of hydrogen-bond acceptors (Lipinski definition) is 1. The zero-order valence-electron chi connectivity index (χ0n) is 9.67. The highest BCUT2D eigenvalue weighted by molar-refractivity contribution is 14.1. The molecule has 1 rings (SSSR count). The van der Waals surface area contributed by atoms with Crippen LogP contribution in [-0.4, -0.2) is 6.26 Å². The summed E-state index contributed by atoms with van der Waals surface area (Å²) < 4.78 is 1.32. The molecular formula is C13H17IS. The highest BCUT2D eigenvalue weighted by Gasteiger charge is 2.12. The summed E-state index contributed by atoms with van der Waals surface area (Å²) in [5.41, 5.74) is 2.91. The SMILES string of the molecule is CSC(I)=Cc1ccc(C(C)(C)C)cc1. The molecule has 0 aliphatic heterocycles. The van der Waals surface area contributed by atoms with Gasteiger partial charge in [0.2, 0.25) is 0 Å². The quantitative estimate of drug-likeness (QED) is 0.681. The lowest BCUT2D eigenvalue weighted by Gasteiger charge is -2.18. The van der Waals surface area contributed by atoms with Gasteiger partial charge in [-0.15, -0.1) is 11.8 Å². The highest BCUT2D eigenvalue weighted by Crippen LogP contribution is 2.25. The summed E-state index contributed by atoms with van der Waals surface area (Å²) in [4.78, 5) is 0. The minimum atomic E-state index is 0.245. The van der Waals surface area contributed by atoms with E-state index in [-0.39, 0.29) is 5.41 Å². The molecule has 0 heterocycles. The topological polar surface area (TPSA) is 0 Å². The summed E-state index contributed by atoms with van der Waals surface area (Å²) in [5, 5.41) is 0. The molecule has 0 unspecified atom stereocenters. The van der Waals surface area contributed by atoms with E-state index in [1.54, 1.807) is 11.8 Å². The largest absolute Gasteiger partial charge is 0.123 e. The molecule has 0 atom stereocenters. The maximum atomic E-state index is 2.36. The molecule has 0 fully saturated rings. The molecule has 82 valence electrons. The average molecular weight is 332 g/mol. The van der Waals surface area contributed by atoms with E-state index in [0.29, 0.717) is 0 Å². The van der Waals surface area contributed by atoms with Gasteiger partial charge in [-0.25, -0.2) is 0 Å². The number of rotatable bonds is 2. The van der Waals surface area contributed by atoms with E-state index in [4.69, 9.17) is 0 Å². The van der Waals surface area contributed by atoms with Crippen molar-refractivity contribution >= 4 is 40.4 Å². The monoisotopic (exact) mass is 332 g/mol. The van der Waals surface area contributed by atoms with Crippen molar-refractivity contribution in [3.05, 3.63) is 38.3 Å². The van der Waals surface area contributed by atoms with E-state index >= 15 is 0 Å². The Balaban J connectivity index is 2.91. The van der Waals surface area contributed by atoms with E-state index in [1.165, 1.54) is 14.0 Å². The Morgan fingerprint density at radius 2 is 1.73 bits per heavy atom. The summed E-state index contributed by atoms with van der Waals surface area (Å²) in [6.45, 7) is 6.72. The smallest absolute Gasteiger partial charge is 0.0460 e. The Kier molecular flexibility index (Phi) is 4.71. The van der Waals surface area contributed by atoms with Crippen LogP contribution in [0.15, 0.2) is 27.2 Å². The standard InChI is InChI=1S/C13H17IS/c1-13(2,3)11-7-5-10(6-8-11)9-12(14)15-4/h5-9H,1-4H3. The van der Waals surface area contributed by atoms with Crippen LogP contribution in [0, 0.1) is 0 Å². The molecule has 2 heteroatoms. The van der Waals surface area contributed by atoms with Crippen LogP contribution in [0.25, 0.3) is 6.08 Å². The van der Waals surface area contributed by atoms with Gasteiger partial charge >= 0.3 is 0 Å². The molecule has 0 aromatic heterocycles. The van der Waals surface area contributed by atoms with Gasteiger partial charge < -0.3 is 0 Å². The molecule has 0 nitrogen and oxygen atoms in total. The predicted molar refractivity (Wildman–Crippen MR) is 80.7 cm³/mol. The van der Waals surface area contributed by atoms with Gasteiger partial charge in [0.25, 0.3) is 0 Å². The highest BCUT2D eigenvalue weighted by atomic mass is 127. The molecule has 0 N–H and O–H groups in total. The van der Waals surface area contributed by atoms with Crippen molar-refractivity contribution in [2.75, 3.05) is 6.26 Å². The van der Waals surface area contributed by atoms with Crippen LogP contribution < -0.4 is 0 Å². The molecule has 0 aliphatic rings. The first-order valence-corrected chi connectivity index (χ1v) is 7.25. The Hall–Kier alpha value is 0.0400. The summed E-state index contributed by atoms with van der Waals surface area (Å²) in [7, 11) is 0. The number of hydrogen-bond donors (Lipinski definition) is 0. The van der Waals surface area contributed by atoms with E-state index in [1.807, 2.05) is 0 Å². The Morgan fingerprint density at radius 1 is 1.20 bits per heavy atom. The maximum absolute atomic E-state index is 2.36. The number of thioether (sulfide) groups is 1. The lowest BCUT2D eigenvalue weighted by atomic mass is 9.87. The molecule has 0 spiro atoms. The lowest BCUT2D eigenvalue weighted by Crippen LogP contribution is -2.10. The molecule has 0 radical (unpaired) electrons. The normalized spacial score (nSPS) is 13.0. The van der Waals surface area contributed by atoms with E-state index in [0.717, 1.165) is 0 Å². The van der Waals surface area contributed by atoms with Gasteiger partial charge in [-0.05, 0) is 51.5 Å². The van der Waals surface area contributed by atoms with E-state index in [2.05, 4.69) is 80.0 Å². The van der Waals surface area contributed by atoms with Crippen LogP contribution in [-0.2, 0) is 5.41 Å². The fraction of sp³-hybridized carbons (Fsp3) is 0.385. The first-order valence-electron chi connectivity index (χ1n) is 4.95. The van der Waals surface area contributed by atoms with Crippen molar-refractivity contribution in [1.29, 1.82) is 0 Å². The van der Waals surface area contributed by atoms with Gasteiger partial charge in [-0.1, -0.05) is 45.0 Å². The van der Waals surface area contributed by atoms with Crippen LogP contribution in [0.5, 0.6) is 0 Å². The molecule has 15 heavy (non-hydrogen) atoms. The molecule has 0 bridgehead atoms. The fourth-order valence-electron chi connectivity index (χ4n) is 1.27. The van der Waals surface area contributed by atoms with Crippen molar-refractivity contribution in [3.63, 3.8) is 0 Å². The van der Waals surface area contributed by atoms with Crippen molar-refractivity contribution < 1.29 is 0 Å². The average Bonchev–Trinajstić information content (AvgIpc) is 2.17. The second-order valence-corrected chi connectivity index (χ2v) is 7.27. The van der Waals surface area contributed by atoms with E-state index < -0.39 is 0 Å². The van der Waals surface area contributed by atoms with Gasteiger partial charge in [-0.3, -0.25) is 0 Å². The van der Waals surface area contributed by atoms with E-state index in [9.17, 15) is 0 Å². The minimum Gasteiger partial charge on any atom is -0.123 e. The molecule has 0 saturated heterocycles. The Morgan fingerprint density at radius 3 is 2.13 bits per heavy atom. The maximum Gasteiger partial charge on any atom is 0.0460 e. The molecule has 0 aliphatic carbocycles. The lowest BCUT2D eigenvalue weighted by molar-refractivity contribution is 0.590. The van der Waals surface area contributed by atoms with Crippen molar-refractivity contribution in [3.8, 4) is 0 Å².